The summed E-state index contributed by atoms with van der Waals surface area (Å²) in [5, 5.41) is 3.60. The molecule has 5 nitrogen and oxygen atoms in total. The third-order valence-electron chi connectivity index (χ3n) is 6.01. The molecule has 0 saturated carbocycles. The molecule has 0 atom stereocenters. The molecule has 3 rings (SSSR count). The molecule has 1 saturated heterocycles. The number of ether oxygens (including phenoxy) is 1. The molecule has 0 bridgehead atoms. The molecule has 31 heavy (non-hydrogen) atoms. The van der Waals surface area contributed by atoms with E-state index in [1.165, 1.54) is 69.7 Å². The van der Waals surface area contributed by atoms with Crippen LogP contribution >= 0.6 is 0 Å². The molecular formula is C26H40N4O. The first-order chi connectivity index (χ1) is 15.3. The highest BCUT2D eigenvalue weighted by molar-refractivity contribution is 5.28. The van der Waals surface area contributed by atoms with E-state index in [-0.39, 0.29) is 0 Å². The van der Waals surface area contributed by atoms with Gasteiger partial charge in [0, 0.05) is 39.3 Å². The standard InChI is InChI=1S/C26H40N4O/c1-2-3-13-29-15-17-30(18-16-29)14-5-12-28-21-24-6-4-7-25(19-24)22-31-26-10-8-23(20-27)9-11-26/h4,6-11,19,28H,2-3,5,12-18,20-22,27H2,1H3. The van der Waals surface area contributed by atoms with Gasteiger partial charge in [0.25, 0.3) is 0 Å². The molecule has 5 heteroatoms. The summed E-state index contributed by atoms with van der Waals surface area (Å²) in [5.74, 6) is 0.881. The number of benzene rings is 2. The first-order valence-electron chi connectivity index (χ1n) is 11.9. The molecule has 3 N–H and O–H groups in total. The van der Waals surface area contributed by atoms with Crippen molar-refractivity contribution < 1.29 is 4.74 Å². The Balaban J connectivity index is 1.29. The molecule has 0 amide bonds. The number of nitrogens with two attached hydrogens (primary N) is 1. The molecule has 0 unspecified atom stereocenters. The fraction of sp³-hybridized carbons (Fsp3) is 0.538. The molecule has 2 aromatic carbocycles. The first-order valence-corrected chi connectivity index (χ1v) is 11.9. The lowest BCUT2D eigenvalue weighted by molar-refractivity contribution is 0.130. The summed E-state index contributed by atoms with van der Waals surface area (Å²) in [4.78, 5) is 5.23. The smallest absolute Gasteiger partial charge is 0.119 e. The van der Waals surface area contributed by atoms with E-state index in [4.69, 9.17) is 10.5 Å². The minimum absolute atomic E-state index is 0.561. The van der Waals surface area contributed by atoms with E-state index < -0.39 is 0 Å². The Morgan fingerprint density at radius 3 is 2.23 bits per heavy atom. The van der Waals surface area contributed by atoms with E-state index in [1.807, 2.05) is 24.3 Å². The van der Waals surface area contributed by atoms with E-state index in [2.05, 4.69) is 46.3 Å². The van der Waals surface area contributed by atoms with Gasteiger partial charge in [0.2, 0.25) is 0 Å². The molecular weight excluding hydrogens is 384 g/mol. The lowest BCUT2D eigenvalue weighted by Crippen LogP contribution is -2.47. The van der Waals surface area contributed by atoms with Gasteiger partial charge in [-0.25, -0.2) is 0 Å². The van der Waals surface area contributed by atoms with Crippen LogP contribution in [0.4, 0.5) is 0 Å². The molecule has 1 aliphatic rings. The largest absolute Gasteiger partial charge is 0.489 e. The monoisotopic (exact) mass is 424 g/mol. The third-order valence-corrected chi connectivity index (χ3v) is 6.01. The molecule has 170 valence electrons. The zero-order valence-electron chi connectivity index (χ0n) is 19.2. The van der Waals surface area contributed by atoms with Crippen LogP contribution in [0.1, 0.15) is 42.9 Å². The highest BCUT2D eigenvalue weighted by Gasteiger charge is 2.15. The predicted octanol–water partition coefficient (Wildman–Crippen LogP) is 3.62. The Hall–Kier alpha value is -1.92. The Bertz CT molecular complexity index is 741. The zero-order valence-corrected chi connectivity index (χ0v) is 19.2. The summed E-state index contributed by atoms with van der Waals surface area (Å²) in [5.41, 5.74) is 9.27. The second kappa shape index (κ2) is 13.5. The first kappa shape index (κ1) is 23.7. The van der Waals surface area contributed by atoms with Gasteiger partial charge in [-0.1, -0.05) is 49.7 Å². The predicted molar refractivity (Wildman–Crippen MR) is 129 cm³/mol. The molecule has 0 spiro atoms. The Morgan fingerprint density at radius 1 is 0.871 bits per heavy atom. The van der Waals surface area contributed by atoms with E-state index >= 15 is 0 Å². The van der Waals surface area contributed by atoms with Crippen molar-refractivity contribution in [3.63, 3.8) is 0 Å². The van der Waals surface area contributed by atoms with Gasteiger partial charge in [0.1, 0.15) is 12.4 Å². The minimum atomic E-state index is 0.561. The third kappa shape index (κ3) is 8.62. The SMILES string of the molecule is CCCCN1CCN(CCCNCc2cccc(COc3ccc(CN)cc3)c2)CC1. The quantitative estimate of drug-likeness (QED) is 0.481. The van der Waals surface area contributed by atoms with Crippen molar-refractivity contribution in [2.24, 2.45) is 5.73 Å². The van der Waals surface area contributed by atoms with E-state index in [0.29, 0.717) is 13.2 Å². The fourth-order valence-electron chi connectivity index (χ4n) is 4.00. The van der Waals surface area contributed by atoms with Crippen LogP contribution in [-0.2, 0) is 19.7 Å². The van der Waals surface area contributed by atoms with Gasteiger partial charge in [-0.05, 0) is 61.3 Å². The Labute approximate surface area is 188 Å². The average molecular weight is 425 g/mol. The molecule has 0 radical (unpaired) electrons. The zero-order chi connectivity index (χ0) is 21.7. The number of hydrogen-bond acceptors (Lipinski definition) is 5. The highest BCUT2D eigenvalue weighted by atomic mass is 16.5. The van der Waals surface area contributed by atoms with Crippen molar-refractivity contribution in [2.75, 3.05) is 45.8 Å². The van der Waals surface area contributed by atoms with Crippen LogP contribution in [-0.4, -0.2) is 55.6 Å². The maximum absolute atomic E-state index is 5.92. The van der Waals surface area contributed by atoms with Gasteiger partial charge >= 0.3 is 0 Å². The van der Waals surface area contributed by atoms with Crippen LogP contribution in [0.25, 0.3) is 0 Å². The van der Waals surface area contributed by atoms with Gasteiger partial charge in [-0.15, -0.1) is 0 Å². The summed E-state index contributed by atoms with van der Waals surface area (Å²) < 4.78 is 5.92. The average Bonchev–Trinajstić information content (AvgIpc) is 2.82. The summed E-state index contributed by atoms with van der Waals surface area (Å²) in [6.45, 7) is 12.8. The molecule has 2 aromatic rings. The topological polar surface area (TPSA) is 53.8 Å². The van der Waals surface area contributed by atoms with Crippen molar-refractivity contribution in [1.82, 2.24) is 15.1 Å². The lowest BCUT2D eigenvalue weighted by Gasteiger charge is -2.34. The molecule has 0 aromatic heterocycles. The molecule has 1 aliphatic heterocycles. The van der Waals surface area contributed by atoms with Crippen molar-refractivity contribution in [3.8, 4) is 5.75 Å². The van der Waals surface area contributed by atoms with Crippen LogP contribution in [0, 0.1) is 0 Å². The number of piperazine rings is 1. The van der Waals surface area contributed by atoms with Gasteiger partial charge in [-0.3, -0.25) is 0 Å². The summed E-state index contributed by atoms with van der Waals surface area (Å²) >= 11 is 0. The summed E-state index contributed by atoms with van der Waals surface area (Å²) in [6.07, 6.45) is 3.83. The maximum Gasteiger partial charge on any atom is 0.119 e. The van der Waals surface area contributed by atoms with Gasteiger partial charge in [0.05, 0.1) is 0 Å². The van der Waals surface area contributed by atoms with Crippen LogP contribution < -0.4 is 15.8 Å². The Kier molecular flexibility index (Phi) is 10.3. The van der Waals surface area contributed by atoms with Gasteiger partial charge < -0.3 is 25.6 Å². The molecule has 1 fully saturated rings. The number of nitrogens with zero attached hydrogens (tertiary/aromatic N) is 2. The van der Waals surface area contributed by atoms with Crippen molar-refractivity contribution in [3.05, 3.63) is 65.2 Å². The minimum Gasteiger partial charge on any atom is -0.489 e. The van der Waals surface area contributed by atoms with Crippen LogP contribution in [0.2, 0.25) is 0 Å². The van der Waals surface area contributed by atoms with E-state index in [9.17, 15) is 0 Å². The number of unbranched alkanes of at least 4 members (excludes halogenated alkanes) is 1. The van der Waals surface area contributed by atoms with Crippen LogP contribution in [0.15, 0.2) is 48.5 Å². The van der Waals surface area contributed by atoms with Crippen molar-refractivity contribution in [2.45, 2.75) is 45.9 Å². The number of hydrogen-bond donors (Lipinski definition) is 2. The van der Waals surface area contributed by atoms with Gasteiger partial charge in [-0.2, -0.15) is 0 Å². The summed E-state index contributed by atoms with van der Waals surface area (Å²) in [6, 6.07) is 16.7. The summed E-state index contributed by atoms with van der Waals surface area (Å²) in [7, 11) is 0. The normalized spacial score (nSPS) is 15.3. The van der Waals surface area contributed by atoms with Crippen molar-refractivity contribution >= 4 is 0 Å². The second-order valence-corrected chi connectivity index (χ2v) is 8.52. The van der Waals surface area contributed by atoms with Gasteiger partial charge in [0.15, 0.2) is 0 Å². The van der Waals surface area contributed by atoms with E-state index in [0.717, 1.165) is 24.4 Å². The van der Waals surface area contributed by atoms with Crippen LogP contribution in [0.5, 0.6) is 5.75 Å². The number of rotatable bonds is 13. The highest BCUT2D eigenvalue weighted by Crippen LogP contribution is 2.15. The molecule has 0 aliphatic carbocycles. The van der Waals surface area contributed by atoms with E-state index in [1.54, 1.807) is 0 Å². The van der Waals surface area contributed by atoms with Crippen molar-refractivity contribution in [1.29, 1.82) is 0 Å². The van der Waals surface area contributed by atoms with Crippen LogP contribution in [0.3, 0.4) is 0 Å². The second-order valence-electron chi connectivity index (χ2n) is 8.52. The maximum atomic E-state index is 5.92. The lowest BCUT2D eigenvalue weighted by atomic mass is 10.1. The Morgan fingerprint density at radius 2 is 1.55 bits per heavy atom. The molecule has 1 heterocycles. The fourth-order valence-corrected chi connectivity index (χ4v) is 4.00. The number of nitrogens with one attached hydrogen (secondary N) is 1.